The van der Waals surface area contributed by atoms with Gasteiger partial charge in [0.15, 0.2) is 5.82 Å². The van der Waals surface area contributed by atoms with Gasteiger partial charge in [-0.2, -0.15) is 4.98 Å². The summed E-state index contributed by atoms with van der Waals surface area (Å²) in [5, 5.41) is 10.1. The van der Waals surface area contributed by atoms with E-state index in [1.54, 1.807) is 18.3 Å². The Bertz CT molecular complexity index is 897. The fourth-order valence-electron chi connectivity index (χ4n) is 3.45. The van der Waals surface area contributed by atoms with Gasteiger partial charge in [0.2, 0.25) is 11.8 Å². The molecule has 1 aliphatic carbocycles. The highest BCUT2D eigenvalue weighted by molar-refractivity contribution is 7.13. The first kappa shape index (κ1) is 16.9. The van der Waals surface area contributed by atoms with Gasteiger partial charge in [-0.15, -0.1) is 11.3 Å². The first-order valence-corrected chi connectivity index (χ1v) is 9.64. The Morgan fingerprint density at radius 3 is 2.69 bits per heavy atom. The Hall–Kier alpha value is -2.54. The molecule has 1 N–H and O–H groups in total. The van der Waals surface area contributed by atoms with E-state index in [0.29, 0.717) is 11.7 Å². The van der Waals surface area contributed by atoms with Gasteiger partial charge in [0.1, 0.15) is 10.5 Å². The van der Waals surface area contributed by atoms with Crippen LogP contribution in [0.1, 0.15) is 43.1 Å². The van der Waals surface area contributed by atoms with Crippen molar-refractivity contribution in [2.45, 2.75) is 44.6 Å². The maximum Gasteiger partial charge on any atom is 0.226 e. The zero-order valence-electron chi connectivity index (χ0n) is 14.6. The number of nitrogens with zero attached hydrogens (tertiary/aromatic N) is 3. The molecule has 1 amide bonds. The van der Waals surface area contributed by atoms with Crippen LogP contribution in [0.15, 0.2) is 40.2 Å². The summed E-state index contributed by atoms with van der Waals surface area (Å²) in [4.78, 5) is 21.6. The second-order valence-corrected chi connectivity index (χ2v) is 7.52. The number of benzene rings is 1. The SMILES string of the molecule is Cc1nc(C2(NC(=O)Cc3csc(-c4ccccc4)n3)CCCC2)no1. The summed E-state index contributed by atoms with van der Waals surface area (Å²) in [5.74, 6) is 1.05. The van der Waals surface area contributed by atoms with E-state index in [9.17, 15) is 4.79 Å². The Balaban J connectivity index is 1.47. The first-order valence-electron chi connectivity index (χ1n) is 8.76. The van der Waals surface area contributed by atoms with Crippen LogP contribution in [0.3, 0.4) is 0 Å². The molecule has 1 aliphatic rings. The fourth-order valence-corrected chi connectivity index (χ4v) is 4.28. The van der Waals surface area contributed by atoms with Gasteiger partial charge in [0.05, 0.1) is 12.1 Å². The molecule has 0 aliphatic heterocycles. The van der Waals surface area contributed by atoms with E-state index >= 15 is 0 Å². The topological polar surface area (TPSA) is 80.9 Å². The third-order valence-corrected chi connectivity index (χ3v) is 5.65. The molecule has 0 radical (unpaired) electrons. The normalized spacial score (nSPS) is 15.9. The van der Waals surface area contributed by atoms with Crippen molar-refractivity contribution >= 4 is 17.2 Å². The predicted octanol–water partition coefficient (Wildman–Crippen LogP) is 3.63. The lowest BCUT2D eigenvalue weighted by Crippen LogP contribution is -2.45. The Morgan fingerprint density at radius 1 is 1.23 bits per heavy atom. The van der Waals surface area contributed by atoms with Gasteiger partial charge >= 0.3 is 0 Å². The molecule has 1 aromatic carbocycles. The quantitative estimate of drug-likeness (QED) is 0.744. The Morgan fingerprint density at radius 2 is 2.00 bits per heavy atom. The van der Waals surface area contributed by atoms with Crippen LogP contribution in [-0.2, 0) is 16.8 Å². The minimum Gasteiger partial charge on any atom is -0.343 e. The number of thiazole rings is 1. The van der Waals surface area contributed by atoms with Crippen molar-refractivity contribution in [3.05, 3.63) is 53.1 Å². The van der Waals surface area contributed by atoms with E-state index in [4.69, 9.17) is 4.52 Å². The maximum absolute atomic E-state index is 12.7. The molecule has 4 rings (SSSR count). The molecule has 0 spiro atoms. The Kier molecular flexibility index (Phi) is 4.55. The van der Waals surface area contributed by atoms with Crippen molar-refractivity contribution in [3.8, 4) is 10.6 Å². The molecule has 0 unspecified atom stereocenters. The predicted molar refractivity (Wildman–Crippen MR) is 98.6 cm³/mol. The highest BCUT2D eigenvalue weighted by atomic mass is 32.1. The van der Waals surface area contributed by atoms with Crippen LogP contribution >= 0.6 is 11.3 Å². The average molecular weight is 368 g/mol. The van der Waals surface area contributed by atoms with Crippen LogP contribution in [0.4, 0.5) is 0 Å². The third kappa shape index (κ3) is 3.39. The van der Waals surface area contributed by atoms with Gasteiger partial charge in [0, 0.05) is 17.9 Å². The number of amides is 1. The number of aromatic nitrogens is 3. The molecular formula is C19H20N4O2S. The Labute approximate surface area is 155 Å². The lowest BCUT2D eigenvalue weighted by molar-refractivity contribution is -0.122. The van der Waals surface area contributed by atoms with Gasteiger partial charge in [-0.3, -0.25) is 4.79 Å². The first-order chi connectivity index (χ1) is 12.6. The summed E-state index contributed by atoms with van der Waals surface area (Å²) in [7, 11) is 0. The minimum atomic E-state index is -0.507. The number of carbonyl (C=O) groups is 1. The van der Waals surface area contributed by atoms with Crippen molar-refractivity contribution in [1.82, 2.24) is 20.4 Å². The number of hydrogen-bond acceptors (Lipinski definition) is 6. The van der Waals surface area contributed by atoms with Gasteiger partial charge < -0.3 is 9.84 Å². The molecule has 6 nitrogen and oxygen atoms in total. The number of aryl methyl sites for hydroxylation is 1. The standard InChI is InChI=1S/C19H20N4O2S/c1-13-20-18(23-25-13)19(9-5-6-10-19)22-16(24)11-15-12-26-17(21-15)14-7-3-2-4-8-14/h2-4,7-8,12H,5-6,9-11H2,1H3,(H,22,24). The molecule has 7 heteroatoms. The van der Waals surface area contributed by atoms with E-state index in [-0.39, 0.29) is 12.3 Å². The van der Waals surface area contributed by atoms with Crippen LogP contribution in [0, 0.1) is 6.92 Å². The fraction of sp³-hybridized carbons (Fsp3) is 0.368. The number of carbonyl (C=O) groups excluding carboxylic acids is 1. The molecule has 0 saturated heterocycles. The smallest absolute Gasteiger partial charge is 0.226 e. The summed E-state index contributed by atoms with van der Waals surface area (Å²) >= 11 is 1.56. The largest absolute Gasteiger partial charge is 0.343 e. The maximum atomic E-state index is 12.7. The second kappa shape index (κ2) is 6.99. The molecule has 3 aromatic rings. The summed E-state index contributed by atoms with van der Waals surface area (Å²) in [6, 6.07) is 10.00. The molecule has 0 atom stereocenters. The van der Waals surface area contributed by atoms with E-state index in [1.165, 1.54) is 0 Å². The molecule has 1 saturated carbocycles. The number of nitrogens with one attached hydrogen (secondary N) is 1. The molecule has 2 heterocycles. The zero-order chi connectivity index (χ0) is 18.0. The highest BCUT2D eigenvalue weighted by Crippen LogP contribution is 2.37. The van der Waals surface area contributed by atoms with Gasteiger partial charge in [0.25, 0.3) is 0 Å². The van der Waals surface area contributed by atoms with Gasteiger partial charge in [-0.05, 0) is 12.8 Å². The molecule has 2 aromatic heterocycles. The van der Waals surface area contributed by atoms with E-state index < -0.39 is 5.54 Å². The third-order valence-electron chi connectivity index (χ3n) is 4.71. The van der Waals surface area contributed by atoms with Crippen molar-refractivity contribution in [3.63, 3.8) is 0 Å². The lowest BCUT2D eigenvalue weighted by Gasteiger charge is -2.26. The van der Waals surface area contributed by atoms with Crippen molar-refractivity contribution in [1.29, 1.82) is 0 Å². The zero-order valence-corrected chi connectivity index (χ0v) is 15.4. The van der Waals surface area contributed by atoms with Crippen molar-refractivity contribution < 1.29 is 9.32 Å². The highest BCUT2D eigenvalue weighted by Gasteiger charge is 2.41. The van der Waals surface area contributed by atoms with E-state index in [0.717, 1.165) is 41.9 Å². The van der Waals surface area contributed by atoms with Crippen LogP contribution in [0.5, 0.6) is 0 Å². The second-order valence-electron chi connectivity index (χ2n) is 6.66. The van der Waals surface area contributed by atoms with Crippen molar-refractivity contribution in [2.75, 3.05) is 0 Å². The van der Waals surface area contributed by atoms with E-state index in [2.05, 4.69) is 20.4 Å². The summed E-state index contributed by atoms with van der Waals surface area (Å²) < 4.78 is 5.13. The van der Waals surface area contributed by atoms with Crippen LogP contribution < -0.4 is 5.32 Å². The molecule has 0 bridgehead atoms. The van der Waals surface area contributed by atoms with Crippen molar-refractivity contribution in [2.24, 2.45) is 0 Å². The molecule has 1 fully saturated rings. The summed E-state index contributed by atoms with van der Waals surface area (Å²) in [5.41, 5.74) is 1.34. The minimum absolute atomic E-state index is 0.0562. The summed E-state index contributed by atoms with van der Waals surface area (Å²) in [6.07, 6.45) is 4.02. The monoisotopic (exact) mass is 368 g/mol. The van der Waals surface area contributed by atoms with Crippen LogP contribution in [-0.4, -0.2) is 21.0 Å². The lowest BCUT2D eigenvalue weighted by atomic mass is 9.96. The summed E-state index contributed by atoms with van der Waals surface area (Å²) in [6.45, 7) is 1.77. The number of rotatable bonds is 5. The van der Waals surface area contributed by atoms with Gasteiger partial charge in [-0.25, -0.2) is 4.98 Å². The molecular weight excluding hydrogens is 348 g/mol. The average Bonchev–Trinajstić information content (AvgIpc) is 3.37. The number of hydrogen-bond donors (Lipinski definition) is 1. The van der Waals surface area contributed by atoms with Crippen LogP contribution in [0.2, 0.25) is 0 Å². The van der Waals surface area contributed by atoms with E-state index in [1.807, 2.05) is 35.7 Å². The van der Waals surface area contributed by atoms with Crippen LogP contribution in [0.25, 0.3) is 10.6 Å². The molecule has 134 valence electrons. The van der Waals surface area contributed by atoms with Gasteiger partial charge in [-0.1, -0.05) is 48.3 Å². The molecule has 26 heavy (non-hydrogen) atoms.